The Morgan fingerprint density at radius 2 is 1.95 bits per heavy atom. The molecule has 4 atom stereocenters. The van der Waals surface area contributed by atoms with Gasteiger partial charge in [0.1, 0.15) is 0 Å². The summed E-state index contributed by atoms with van der Waals surface area (Å²) in [5, 5.41) is 13.2. The van der Waals surface area contributed by atoms with E-state index in [2.05, 4.69) is 12.2 Å². The van der Waals surface area contributed by atoms with Crippen LogP contribution in [0.5, 0.6) is 0 Å². The molecule has 2 rings (SSSR count). The fourth-order valence-electron chi connectivity index (χ4n) is 3.73. The van der Waals surface area contributed by atoms with Gasteiger partial charge in [-0.25, -0.2) is 4.79 Å². The van der Waals surface area contributed by atoms with Gasteiger partial charge in [-0.1, -0.05) is 46.5 Å². The van der Waals surface area contributed by atoms with E-state index in [0.29, 0.717) is 6.42 Å². The van der Waals surface area contributed by atoms with E-state index in [1.807, 2.05) is 13.8 Å². The van der Waals surface area contributed by atoms with E-state index >= 15 is 0 Å². The first kappa shape index (κ1) is 16.3. The third-order valence-corrected chi connectivity index (χ3v) is 5.13. The van der Waals surface area contributed by atoms with Gasteiger partial charge in [-0.3, -0.25) is 4.79 Å². The van der Waals surface area contributed by atoms with Crippen molar-refractivity contribution in [3.05, 3.63) is 0 Å². The van der Waals surface area contributed by atoms with Gasteiger partial charge in [0.15, 0.2) is 5.60 Å². The maximum Gasteiger partial charge on any atom is 0.339 e. The number of amides is 1. The molecule has 0 bridgehead atoms. The number of fused-ring (bicyclic) bond motifs is 1. The van der Waals surface area contributed by atoms with Crippen molar-refractivity contribution in [2.24, 2.45) is 11.8 Å². The monoisotopic (exact) mass is 297 g/mol. The maximum absolute atomic E-state index is 12.3. The second kappa shape index (κ2) is 5.59. The Kier molecular flexibility index (Phi) is 4.34. The minimum Gasteiger partial charge on any atom is -0.453 e. The van der Waals surface area contributed by atoms with Crippen LogP contribution in [0.1, 0.15) is 59.8 Å². The lowest BCUT2D eigenvalue weighted by atomic mass is 9.65. The van der Waals surface area contributed by atoms with Crippen LogP contribution in [0.25, 0.3) is 0 Å². The van der Waals surface area contributed by atoms with Gasteiger partial charge in [-0.2, -0.15) is 0 Å². The van der Waals surface area contributed by atoms with Crippen LogP contribution in [0.4, 0.5) is 0 Å². The second-order valence-corrected chi connectivity index (χ2v) is 6.88. The molecule has 5 nitrogen and oxygen atoms in total. The summed E-state index contributed by atoms with van der Waals surface area (Å²) < 4.78 is 5.38. The van der Waals surface area contributed by atoms with Crippen molar-refractivity contribution in [3.63, 3.8) is 0 Å². The number of ether oxygens (including phenoxy) is 1. The zero-order chi connectivity index (χ0) is 15.8. The first-order valence-corrected chi connectivity index (χ1v) is 8.04. The lowest BCUT2D eigenvalue weighted by molar-refractivity contribution is -0.238. The number of aliphatic hydroxyl groups is 1. The lowest BCUT2D eigenvalue weighted by Gasteiger charge is -2.54. The molecule has 2 aliphatic heterocycles. The van der Waals surface area contributed by atoms with Gasteiger partial charge < -0.3 is 15.2 Å². The quantitative estimate of drug-likeness (QED) is 0.555. The normalized spacial score (nSPS) is 36.0. The Morgan fingerprint density at radius 3 is 2.48 bits per heavy atom. The van der Waals surface area contributed by atoms with Gasteiger partial charge in [-0.05, 0) is 19.3 Å². The molecular weight excluding hydrogens is 270 g/mol. The molecule has 120 valence electrons. The molecule has 0 radical (unpaired) electrons. The minimum atomic E-state index is -1.26. The molecule has 2 fully saturated rings. The molecule has 0 aromatic heterocycles. The van der Waals surface area contributed by atoms with E-state index in [1.54, 1.807) is 6.92 Å². The van der Waals surface area contributed by atoms with E-state index in [9.17, 15) is 14.7 Å². The fraction of sp³-hybridized carbons (Fsp3) is 0.875. The number of hydrogen-bond acceptors (Lipinski definition) is 4. The van der Waals surface area contributed by atoms with Crippen molar-refractivity contribution in [2.45, 2.75) is 77.0 Å². The molecule has 21 heavy (non-hydrogen) atoms. The molecule has 0 spiro atoms. The number of unbranched alkanes of at least 4 members (excludes halogenated alkanes) is 3. The van der Waals surface area contributed by atoms with E-state index in [-0.39, 0.29) is 17.7 Å². The Labute approximate surface area is 126 Å². The Morgan fingerprint density at radius 1 is 1.29 bits per heavy atom. The highest BCUT2D eigenvalue weighted by molar-refractivity contribution is 6.01. The van der Waals surface area contributed by atoms with Crippen LogP contribution in [0.3, 0.4) is 0 Å². The first-order chi connectivity index (χ1) is 9.81. The summed E-state index contributed by atoms with van der Waals surface area (Å²) in [6.45, 7) is 7.60. The van der Waals surface area contributed by atoms with Crippen LogP contribution in [-0.2, 0) is 14.3 Å². The number of esters is 1. The summed E-state index contributed by atoms with van der Waals surface area (Å²) in [4.78, 5) is 24.4. The van der Waals surface area contributed by atoms with Crippen molar-refractivity contribution in [1.29, 1.82) is 0 Å². The van der Waals surface area contributed by atoms with E-state index in [4.69, 9.17) is 4.74 Å². The van der Waals surface area contributed by atoms with Crippen LogP contribution >= 0.6 is 0 Å². The van der Waals surface area contributed by atoms with Gasteiger partial charge in [0.05, 0.1) is 12.0 Å². The van der Waals surface area contributed by atoms with Gasteiger partial charge in [0, 0.05) is 0 Å². The number of rotatable bonds is 7. The van der Waals surface area contributed by atoms with Crippen molar-refractivity contribution >= 4 is 11.9 Å². The van der Waals surface area contributed by atoms with Crippen LogP contribution in [-0.4, -0.2) is 34.2 Å². The van der Waals surface area contributed by atoms with Crippen molar-refractivity contribution in [3.8, 4) is 0 Å². The average Bonchev–Trinajstić information content (AvgIpc) is 2.59. The third kappa shape index (κ3) is 2.17. The van der Waals surface area contributed by atoms with Gasteiger partial charge in [-0.15, -0.1) is 0 Å². The van der Waals surface area contributed by atoms with Gasteiger partial charge in [0.2, 0.25) is 11.4 Å². The van der Waals surface area contributed by atoms with E-state index in [0.717, 1.165) is 25.7 Å². The summed E-state index contributed by atoms with van der Waals surface area (Å²) in [6.07, 6.45) is 4.07. The van der Waals surface area contributed by atoms with Crippen LogP contribution < -0.4 is 5.32 Å². The van der Waals surface area contributed by atoms with Crippen molar-refractivity contribution in [2.75, 3.05) is 0 Å². The topological polar surface area (TPSA) is 75.6 Å². The molecule has 0 unspecified atom stereocenters. The number of carbonyl (C=O) groups is 2. The van der Waals surface area contributed by atoms with E-state index in [1.165, 1.54) is 0 Å². The molecule has 0 saturated carbocycles. The Hall–Kier alpha value is -1.10. The molecule has 0 aliphatic carbocycles. The number of carbonyl (C=O) groups excluding carboxylic acids is 2. The van der Waals surface area contributed by atoms with Gasteiger partial charge in [0.25, 0.3) is 0 Å². The summed E-state index contributed by atoms with van der Waals surface area (Å²) in [5.41, 5.74) is -2.18. The number of aliphatic hydroxyl groups excluding tert-OH is 1. The lowest BCUT2D eigenvalue weighted by Crippen LogP contribution is -2.79. The summed E-state index contributed by atoms with van der Waals surface area (Å²) >= 11 is 0. The van der Waals surface area contributed by atoms with Crippen molar-refractivity contribution in [1.82, 2.24) is 5.32 Å². The zero-order valence-corrected chi connectivity index (χ0v) is 13.4. The number of hydrogen-bond donors (Lipinski definition) is 2. The Balaban J connectivity index is 2.17. The molecule has 1 amide bonds. The second-order valence-electron chi connectivity index (χ2n) is 6.88. The molecule has 5 heteroatoms. The molecule has 2 N–H and O–H groups in total. The summed E-state index contributed by atoms with van der Waals surface area (Å²) in [6, 6.07) is 0. The standard InChI is InChI=1S/C16H27NO4/c1-5-6-7-8-9-11-13(19)17-16(12(18)10(2)3)14(20)21-15(11,16)4/h10-12,18H,5-9H2,1-4H3,(H,17,19)/t11-,12-,15-,16-/m0/s1. The largest absolute Gasteiger partial charge is 0.453 e. The summed E-state index contributed by atoms with van der Waals surface area (Å²) in [5.74, 6) is -1.16. The molecule has 2 saturated heterocycles. The first-order valence-electron chi connectivity index (χ1n) is 8.04. The van der Waals surface area contributed by atoms with Crippen LogP contribution in [0, 0.1) is 11.8 Å². The molecule has 2 aliphatic rings. The molecule has 0 aromatic carbocycles. The SMILES string of the molecule is CCCCCC[C@H]1C(=O)N[C@@]2([C@@H](O)C(C)C)C(=O)O[C@@]12C. The highest BCUT2D eigenvalue weighted by Gasteiger charge is 2.79. The van der Waals surface area contributed by atoms with Gasteiger partial charge >= 0.3 is 5.97 Å². The zero-order valence-electron chi connectivity index (χ0n) is 13.4. The maximum atomic E-state index is 12.3. The summed E-state index contributed by atoms with van der Waals surface area (Å²) in [7, 11) is 0. The predicted molar refractivity (Wildman–Crippen MR) is 78.5 cm³/mol. The van der Waals surface area contributed by atoms with Crippen LogP contribution in [0.15, 0.2) is 0 Å². The minimum absolute atomic E-state index is 0.128. The highest BCUT2D eigenvalue weighted by atomic mass is 16.6. The smallest absolute Gasteiger partial charge is 0.339 e. The highest BCUT2D eigenvalue weighted by Crippen LogP contribution is 2.52. The third-order valence-electron chi connectivity index (χ3n) is 5.13. The Bertz CT molecular complexity index is 436. The van der Waals surface area contributed by atoms with E-state index < -0.39 is 23.2 Å². The molecular formula is C16H27NO4. The molecule has 2 heterocycles. The van der Waals surface area contributed by atoms with Crippen molar-refractivity contribution < 1.29 is 19.4 Å². The molecule has 0 aromatic rings. The number of nitrogens with one attached hydrogen (secondary N) is 1. The average molecular weight is 297 g/mol. The predicted octanol–water partition coefficient (Wildman–Crippen LogP) is 1.77. The fourth-order valence-corrected chi connectivity index (χ4v) is 3.73. The van der Waals surface area contributed by atoms with Crippen LogP contribution in [0.2, 0.25) is 0 Å².